The van der Waals surface area contributed by atoms with Crippen molar-refractivity contribution in [3.63, 3.8) is 0 Å². The number of benzene rings is 1. The van der Waals surface area contributed by atoms with Gasteiger partial charge in [-0.1, -0.05) is 0 Å². The van der Waals surface area contributed by atoms with Crippen LogP contribution in [0.5, 0.6) is 0 Å². The number of halogens is 3. The Balaban J connectivity index is 1.83. The van der Waals surface area contributed by atoms with Crippen molar-refractivity contribution in [3.8, 4) is 0 Å². The third kappa shape index (κ3) is 4.29. The van der Waals surface area contributed by atoms with Crippen molar-refractivity contribution in [1.82, 2.24) is 0 Å². The molecular weight excluding hydrogens is 347 g/mol. The highest BCUT2D eigenvalue weighted by atomic mass is 19.4. The van der Waals surface area contributed by atoms with E-state index in [0.29, 0.717) is 25.1 Å². The van der Waals surface area contributed by atoms with Crippen LogP contribution in [-0.4, -0.2) is 37.7 Å². The van der Waals surface area contributed by atoms with Gasteiger partial charge >= 0.3 is 6.18 Å². The lowest BCUT2D eigenvalue weighted by molar-refractivity contribution is -0.137. The molecule has 2 saturated heterocycles. The van der Waals surface area contributed by atoms with E-state index in [1.807, 2.05) is 4.90 Å². The van der Waals surface area contributed by atoms with E-state index in [2.05, 4.69) is 5.32 Å². The quantitative estimate of drug-likeness (QED) is 0.853. The molecular formula is C18H24F3N3O2. The minimum atomic E-state index is -4.46. The molecule has 26 heavy (non-hydrogen) atoms. The normalized spacial score (nSPS) is 23.9. The van der Waals surface area contributed by atoms with Crippen LogP contribution in [0.25, 0.3) is 0 Å². The van der Waals surface area contributed by atoms with Crippen molar-refractivity contribution in [2.24, 2.45) is 5.73 Å². The van der Waals surface area contributed by atoms with Crippen molar-refractivity contribution in [1.29, 1.82) is 0 Å². The number of carbonyl (C=O) groups excluding carboxylic acids is 1. The van der Waals surface area contributed by atoms with Crippen LogP contribution in [-0.2, 0) is 15.7 Å². The lowest BCUT2D eigenvalue weighted by atomic mass is 10.1. The Labute approximate surface area is 150 Å². The average Bonchev–Trinajstić information content (AvgIpc) is 3.11. The summed E-state index contributed by atoms with van der Waals surface area (Å²) in [4.78, 5) is 14.5. The Morgan fingerprint density at radius 1 is 1.23 bits per heavy atom. The van der Waals surface area contributed by atoms with Crippen LogP contribution >= 0.6 is 0 Å². The minimum Gasteiger partial charge on any atom is -0.370 e. The summed E-state index contributed by atoms with van der Waals surface area (Å²) in [5.41, 5.74) is 5.58. The Morgan fingerprint density at radius 2 is 1.96 bits per heavy atom. The van der Waals surface area contributed by atoms with Gasteiger partial charge in [-0.3, -0.25) is 4.79 Å². The fourth-order valence-electron chi connectivity index (χ4n) is 3.51. The molecule has 1 aromatic carbocycles. The van der Waals surface area contributed by atoms with E-state index >= 15 is 0 Å². The van der Waals surface area contributed by atoms with Gasteiger partial charge in [0.1, 0.15) is 6.10 Å². The number of amides is 1. The smallest absolute Gasteiger partial charge is 0.370 e. The van der Waals surface area contributed by atoms with Gasteiger partial charge in [-0.15, -0.1) is 0 Å². The summed E-state index contributed by atoms with van der Waals surface area (Å²) in [5.74, 6) is -0.418. The van der Waals surface area contributed by atoms with E-state index in [-0.39, 0.29) is 11.8 Å². The minimum absolute atomic E-state index is 0.172. The van der Waals surface area contributed by atoms with Crippen molar-refractivity contribution in [2.75, 3.05) is 29.9 Å². The van der Waals surface area contributed by atoms with Crippen LogP contribution in [0.4, 0.5) is 24.5 Å². The zero-order valence-electron chi connectivity index (χ0n) is 14.5. The number of nitrogens with zero attached hydrogens (tertiary/aromatic N) is 1. The number of hydrogen-bond donors (Lipinski definition) is 2. The molecule has 144 valence electrons. The van der Waals surface area contributed by atoms with Gasteiger partial charge < -0.3 is 20.7 Å². The van der Waals surface area contributed by atoms with Crippen molar-refractivity contribution < 1.29 is 22.7 Å². The molecule has 0 radical (unpaired) electrons. The van der Waals surface area contributed by atoms with Gasteiger partial charge in [0.25, 0.3) is 5.91 Å². The molecule has 0 saturated carbocycles. The Hall–Kier alpha value is -1.80. The predicted octanol–water partition coefficient (Wildman–Crippen LogP) is 3.14. The van der Waals surface area contributed by atoms with E-state index in [1.165, 1.54) is 6.07 Å². The zero-order valence-corrected chi connectivity index (χ0v) is 14.5. The third-order valence-electron chi connectivity index (χ3n) is 4.94. The second-order valence-corrected chi connectivity index (χ2v) is 6.83. The number of ether oxygens (including phenoxy) is 1. The number of anilines is 2. The van der Waals surface area contributed by atoms with Crippen LogP contribution in [0, 0.1) is 0 Å². The van der Waals surface area contributed by atoms with Crippen LogP contribution in [0.15, 0.2) is 18.2 Å². The molecule has 2 atom stereocenters. The molecule has 0 spiro atoms. The lowest BCUT2D eigenvalue weighted by Gasteiger charge is -2.31. The van der Waals surface area contributed by atoms with Gasteiger partial charge in [-0.05, 0) is 50.3 Å². The van der Waals surface area contributed by atoms with E-state index < -0.39 is 23.8 Å². The monoisotopic (exact) mass is 371 g/mol. The van der Waals surface area contributed by atoms with E-state index in [9.17, 15) is 18.0 Å². The SMILES string of the molecule is NC[C@H]1CC[C@@H](C(=O)Nc2cc(C(F)(F)F)ccc2N2CCCCC2)O1. The van der Waals surface area contributed by atoms with Crippen LogP contribution in [0.1, 0.15) is 37.7 Å². The van der Waals surface area contributed by atoms with E-state index in [1.54, 1.807) is 0 Å². The number of alkyl halides is 3. The maximum Gasteiger partial charge on any atom is 0.416 e. The van der Waals surface area contributed by atoms with Crippen molar-refractivity contribution in [3.05, 3.63) is 23.8 Å². The summed E-state index contributed by atoms with van der Waals surface area (Å²) in [6.45, 7) is 1.86. The fraction of sp³-hybridized carbons (Fsp3) is 0.611. The molecule has 5 nitrogen and oxygen atoms in total. The highest BCUT2D eigenvalue weighted by Crippen LogP contribution is 2.36. The third-order valence-corrected chi connectivity index (χ3v) is 4.94. The standard InChI is InChI=1S/C18H24F3N3O2/c19-18(20,21)12-4-6-15(24-8-2-1-3-9-24)14(10-12)23-17(25)16-7-5-13(11-22)26-16/h4,6,10,13,16H,1-3,5,7-9,11,22H2,(H,23,25)/t13-,16+/m1/s1. The lowest BCUT2D eigenvalue weighted by Crippen LogP contribution is -2.33. The molecule has 3 rings (SSSR count). The molecule has 2 fully saturated rings. The van der Waals surface area contributed by atoms with Crippen LogP contribution in [0.2, 0.25) is 0 Å². The average molecular weight is 371 g/mol. The number of rotatable bonds is 4. The summed E-state index contributed by atoms with van der Waals surface area (Å²) in [7, 11) is 0. The first kappa shape index (κ1) is 19.0. The summed E-state index contributed by atoms with van der Waals surface area (Å²) in [5, 5.41) is 2.66. The van der Waals surface area contributed by atoms with Gasteiger partial charge in [-0.2, -0.15) is 13.2 Å². The zero-order chi connectivity index (χ0) is 18.7. The Bertz CT molecular complexity index is 645. The number of piperidine rings is 1. The van der Waals surface area contributed by atoms with Gasteiger partial charge in [0.05, 0.1) is 23.0 Å². The Kier molecular flexibility index (Phi) is 5.72. The van der Waals surface area contributed by atoms with Gasteiger partial charge in [0, 0.05) is 19.6 Å². The molecule has 2 aliphatic heterocycles. The molecule has 0 aliphatic carbocycles. The van der Waals surface area contributed by atoms with Crippen molar-refractivity contribution in [2.45, 2.75) is 50.5 Å². The largest absolute Gasteiger partial charge is 0.416 e. The summed E-state index contributed by atoms with van der Waals surface area (Å²) >= 11 is 0. The molecule has 0 bridgehead atoms. The van der Waals surface area contributed by atoms with Crippen LogP contribution < -0.4 is 16.0 Å². The summed E-state index contributed by atoms with van der Waals surface area (Å²) in [6, 6.07) is 3.52. The molecule has 2 aliphatic rings. The van der Waals surface area contributed by atoms with E-state index in [4.69, 9.17) is 10.5 Å². The fourth-order valence-corrected chi connectivity index (χ4v) is 3.51. The highest BCUT2D eigenvalue weighted by molar-refractivity contribution is 5.97. The Morgan fingerprint density at radius 3 is 2.58 bits per heavy atom. The number of hydrogen-bond acceptors (Lipinski definition) is 4. The second-order valence-electron chi connectivity index (χ2n) is 6.83. The van der Waals surface area contributed by atoms with Gasteiger partial charge in [0.2, 0.25) is 0 Å². The highest BCUT2D eigenvalue weighted by Gasteiger charge is 2.33. The molecule has 2 heterocycles. The summed E-state index contributed by atoms with van der Waals surface area (Å²) < 4.78 is 44.9. The van der Waals surface area contributed by atoms with E-state index in [0.717, 1.165) is 44.5 Å². The maximum absolute atomic E-state index is 13.1. The number of carbonyl (C=O) groups is 1. The first-order valence-electron chi connectivity index (χ1n) is 9.01. The summed E-state index contributed by atoms with van der Waals surface area (Å²) in [6.07, 6.45) is -1.04. The number of nitrogens with one attached hydrogen (secondary N) is 1. The molecule has 3 N–H and O–H groups in total. The molecule has 0 unspecified atom stereocenters. The second kappa shape index (κ2) is 7.84. The molecule has 0 aromatic heterocycles. The maximum atomic E-state index is 13.1. The first-order chi connectivity index (χ1) is 12.4. The molecule has 8 heteroatoms. The topological polar surface area (TPSA) is 67.6 Å². The molecule has 1 amide bonds. The van der Waals surface area contributed by atoms with Gasteiger partial charge in [0.15, 0.2) is 0 Å². The molecule has 1 aromatic rings. The first-order valence-corrected chi connectivity index (χ1v) is 9.01. The number of nitrogens with two attached hydrogens (primary N) is 1. The van der Waals surface area contributed by atoms with Crippen LogP contribution in [0.3, 0.4) is 0 Å². The predicted molar refractivity (Wildman–Crippen MR) is 93.1 cm³/mol. The van der Waals surface area contributed by atoms with Crippen molar-refractivity contribution >= 4 is 17.3 Å². The van der Waals surface area contributed by atoms with Gasteiger partial charge in [-0.25, -0.2) is 0 Å².